The van der Waals surface area contributed by atoms with E-state index < -0.39 is 11.4 Å². The third-order valence-electron chi connectivity index (χ3n) is 2.99. The predicted octanol–water partition coefficient (Wildman–Crippen LogP) is 2.64. The number of benzene rings is 1. The first-order valence-corrected chi connectivity index (χ1v) is 6.19. The molecule has 1 aromatic rings. The van der Waals surface area contributed by atoms with Crippen LogP contribution in [0.5, 0.6) is 5.75 Å². The van der Waals surface area contributed by atoms with Crippen molar-refractivity contribution in [3.05, 3.63) is 29.3 Å². The summed E-state index contributed by atoms with van der Waals surface area (Å²) in [7, 11) is 1.61. The maximum Gasteiger partial charge on any atom is 0.326 e. The van der Waals surface area contributed by atoms with Crippen LogP contribution in [0.4, 0.5) is 0 Å². The molecule has 1 aromatic carbocycles. The summed E-state index contributed by atoms with van der Waals surface area (Å²) in [6, 6.07) is 7.68. The Balaban J connectivity index is 2.96. The maximum atomic E-state index is 11.8. The molecule has 1 atom stereocenters. The second-order valence-electron chi connectivity index (χ2n) is 4.65. The molecule has 0 saturated heterocycles. The number of carbonyl (C=O) groups excluding carboxylic acids is 1. The van der Waals surface area contributed by atoms with E-state index in [-0.39, 0.29) is 6.61 Å². The fraction of sp³-hybridized carbons (Fsp3) is 0.467. The summed E-state index contributed by atoms with van der Waals surface area (Å²) < 4.78 is 10.1. The molecule has 0 aliphatic rings. The standard InChI is InChI=1S/C15H19NO3/c1-5-19-14(17)15(3,10-16)9-12-6-7-13(18-4)11(2)8-12/h6-8H,5,9H2,1-4H3. The van der Waals surface area contributed by atoms with Crippen LogP contribution in [0.15, 0.2) is 18.2 Å². The number of nitriles is 1. The van der Waals surface area contributed by atoms with Gasteiger partial charge in [0.15, 0.2) is 5.41 Å². The summed E-state index contributed by atoms with van der Waals surface area (Å²) >= 11 is 0. The predicted molar refractivity (Wildman–Crippen MR) is 71.8 cm³/mol. The van der Waals surface area contributed by atoms with Crippen molar-refractivity contribution < 1.29 is 14.3 Å². The van der Waals surface area contributed by atoms with E-state index in [9.17, 15) is 10.1 Å². The largest absolute Gasteiger partial charge is 0.496 e. The van der Waals surface area contributed by atoms with Crippen molar-refractivity contribution in [2.45, 2.75) is 27.2 Å². The highest BCUT2D eigenvalue weighted by molar-refractivity contribution is 5.80. The molecule has 102 valence electrons. The molecule has 0 saturated carbocycles. The van der Waals surface area contributed by atoms with Crippen LogP contribution in [0.25, 0.3) is 0 Å². The molecule has 0 amide bonds. The van der Waals surface area contributed by atoms with E-state index in [1.165, 1.54) is 0 Å². The highest BCUT2D eigenvalue weighted by Gasteiger charge is 2.35. The zero-order chi connectivity index (χ0) is 14.5. The highest BCUT2D eigenvalue weighted by atomic mass is 16.5. The lowest BCUT2D eigenvalue weighted by atomic mass is 9.85. The monoisotopic (exact) mass is 261 g/mol. The van der Waals surface area contributed by atoms with Crippen molar-refractivity contribution in [3.63, 3.8) is 0 Å². The number of esters is 1. The van der Waals surface area contributed by atoms with Crippen LogP contribution in [0.2, 0.25) is 0 Å². The zero-order valence-corrected chi connectivity index (χ0v) is 11.8. The summed E-state index contributed by atoms with van der Waals surface area (Å²) in [5.74, 6) is 0.310. The Labute approximate surface area is 113 Å². The Kier molecular flexibility index (Phi) is 4.94. The molecule has 0 spiro atoms. The van der Waals surface area contributed by atoms with Gasteiger partial charge in [0.1, 0.15) is 5.75 Å². The van der Waals surface area contributed by atoms with Crippen molar-refractivity contribution in [1.82, 2.24) is 0 Å². The minimum absolute atomic E-state index is 0.276. The normalized spacial score (nSPS) is 13.2. The first kappa shape index (κ1) is 15.0. The summed E-state index contributed by atoms with van der Waals surface area (Å²) in [6.07, 6.45) is 0.327. The number of methoxy groups -OCH3 is 1. The van der Waals surface area contributed by atoms with Gasteiger partial charge in [-0.25, -0.2) is 0 Å². The van der Waals surface area contributed by atoms with E-state index in [1.54, 1.807) is 21.0 Å². The molecule has 4 nitrogen and oxygen atoms in total. The van der Waals surface area contributed by atoms with E-state index in [4.69, 9.17) is 9.47 Å². The van der Waals surface area contributed by atoms with Gasteiger partial charge in [-0.15, -0.1) is 0 Å². The molecule has 0 heterocycles. The lowest BCUT2D eigenvalue weighted by molar-refractivity contribution is -0.151. The van der Waals surface area contributed by atoms with Gasteiger partial charge in [0.25, 0.3) is 0 Å². The van der Waals surface area contributed by atoms with Crippen molar-refractivity contribution in [2.24, 2.45) is 5.41 Å². The Morgan fingerprint density at radius 1 is 1.47 bits per heavy atom. The number of aryl methyl sites for hydroxylation is 1. The Hall–Kier alpha value is -2.02. The minimum atomic E-state index is -1.16. The zero-order valence-electron chi connectivity index (χ0n) is 11.8. The Morgan fingerprint density at radius 3 is 2.63 bits per heavy atom. The van der Waals surface area contributed by atoms with Crippen molar-refractivity contribution in [1.29, 1.82) is 5.26 Å². The van der Waals surface area contributed by atoms with E-state index >= 15 is 0 Å². The summed E-state index contributed by atoms with van der Waals surface area (Å²) in [5, 5.41) is 9.24. The first-order chi connectivity index (χ1) is 8.96. The van der Waals surface area contributed by atoms with Gasteiger partial charge in [0.05, 0.1) is 19.8 Å². The molecule has 1 rings (SSSR count). The van der Waals surface area contributed by atoms with E-state index in [0.29, 0.717) is 6.42 Å². The SMILES string of the molecule is CCOC(=O)C(C)(C#N)Cc1ccc(OC)c(C)c1. The summed E-state index contributed by atoms with van der Waals surface area (Å²) in [6.45, 7) is 5.53. The van der Waals surface area contributed by atoms with Crippen LogP contribution in [0.1, 0.15) is 25.0 Å². The van der Waals surface area contributed by atoms with Gasteiger partial charge in [-0.05, 0) is 38.0 Å². The first-order valence-electron chi connectivity index (χ1n) is 6.19. The molecule has 0 aliphatic heterocycles. The van der Waals surface area contributed by atoms with Crippen LogP contribution in [-0.2, 0) is 16.0 Å². The van der Waals surface area contributed by atoms with Crippen molar-refractivity contribution in [3.8, 4) is 11.8 Å². The van der Waals surface area contributed by atoms with E-state index in [1.807, 2.05) is 25.1 Å². The number of hydrogen-bond acceptors (Lipinski definition) is 4. The Bertz CT molecular complexity index is 505. The molecule has 0 radical (unpaired) electrons. The quantitative estimate of drug-likeness (QED) is 0.764. The lowest BCUT2D eigenvalue weighted by Crippen LogP contribution is -2.30. The number of hydrogen-bond donors (Lipinski definition) is 0. The number of rotatable bonds is 5. The lowest BCUT2D eigenvalue weighted by Gasteiger charge is -2.19. The van der Waals surface area contributed by atoms with Crippen LogP contribution in [0.3, 0.4) is 0 Å². The molecule has 0 aromatic heterocycles. The molecule has 0 bridgehead atoms. The maximum absolute atomic E-state index is 11.8. The molecular weight excluding hydrogens is 242 g/mol. The van der Waals surface area contributed by atoms with E-state index in [2.05, 4.69) is 6.07 Å². The summed E-state index contributed by atoms with van der Waals surface area (Å²) in [4.78, 5) is 11.8. The fourth-order valence-corrected chi connectivity index (χ4v) is 1.91. The fourth-order valence-electron chi connectivity index (χ4n) is 1.91. The average Bonchev–Trinajstić information content (AvgIpc) is 2.39. The smallest absolute Gasteiger partial charge is 0.326 e. The van der Waals surface area contributed by atoms with E-state index in [0.717, 1.165) is 16.9 Å². The van der Waals surface area contributed by atoms with Gasteiger partial charge in [0.2, 0.25) is 0 Å². The van der Waals surface area contributed by atoms with Gasteiger partial charge < -0.3 is 9.47 Å². The summed E-state index contributed by atoms with van der Waals surface area (Å²) in [5.41, 5.74) is 0.733. The third kappa shape index (κ3) is 3.47. The molecule has 19 heavy (non-hydrogen) atoms. The Morgan fingerprint density at radius 2 is 2.16 bits per heavy atom. The number of nitrogens with zero attached hydrogens (tertiary/aromatic N) is 1. The molecule has 0 fully saturated rings. The topological polar surface area (TPSA) is 59.3 Å². The highest BCUT2D eigenvalue weighted by Crippen LogP contribution is 2.26. The molecule has 0 aliphatic carbocycles. The van der Waals surface area contributed by atoms with Crippen LogP contribution >= 0.6 is 0 Å². The molecule has 0 N–H and O–H groups in total. The second kappa shape index (κ2) is 6.24. The third-order valence-corrected chi connectivity index (χ3v) is 2.99. The second-order valence-corrected chi connectivity index (χ2v) is 4.65. The van der Waals surface area contributed by atoms with Gasteiger partial charge in [-0.2, -0.15) is 5.26 Å². The van der Waals surface area contributed by atoms with Crippen molar-refractivity contribution >= 4 is 5.97 Å². The molecular formula is C15H19NO3. The minimum Gasteiger partial charge on any atom is -0.496 e. The van der Waals surface area contributed by atoms with Crippen LogP contribution in [0, 0.1) is 23.7 Å². The number of ether oxygens (including phenoxy) is 2. The van der Waals surface area contributed by atoms with Crippen LogP contribution in [-0.4, -0.2) is 19.7 Å². The average molecular weight is 261 g/mol. The van der Waals surface area contributed by atoms with Crippen molar-refractivity contribution in [2.75, 3.05) is 13.7 Å². The number of carbonyl (C=O) groups is 1. The van der Waals surface area contributed by atoms with Gasteiger partial charge in [-0.3, -0.25) is 4.79 Å². The molecule has 4 heteroatoms. The van der Waals surface area contributed by atoms with Gasteiger partial charge in [0, 0.05) is 6.42 Å². The molecule has 1 unspecified atom stereocenters. The van der Waals surface area contributed by atoms with Crippen LogP contribution < -0.4 is 4.74 Å². The van der Waals surface area contributed by atoms with Gasteiger partial charge in [-0.1, -0.05) is 12.1 Å². The van der Waals surface area contributed by atoms with Gasteiger partial charge >= 0.3 is 5.97 Å².